The van der Waals surface area contributed by atoms with Crippen molar-refractivity contribution in [2.75, 3.05) is 19.6 Å². The minimum atomic E-state index is -0.637. The van der Waals surface area contributed by atoms with Crippen molar-refractivity contribution >= 4 is 23.8 Å². The van der Waals surface area contributed by atoms with Crippen LogP contribution in [0.25, 0.3) is 0 Å². The van der Waals surface area contributed by atoms with E-state index in [0.717, 1.165) is 6.42 Å². The van der Waals surface area contributed by atoms with Gasteiger partial charge in [-0.25, -0.2) is 4.79 Å². The van der Waals surface area contributed by atoms with Gasteiger partial charge < -0.3 is 25.6 Å². The maximum Gasteiger partial charge on any atom is 0.407 e. The molecule has 1 rings (SSSR count). The minimum absolute atomic E-state index is 0.123. The number of unbranched alkanes of at least 4 members (excludes halogenated alkanes) is 1. The summed E-state index contributed by atoms with van der Waals surface area (Å²) >= 11 is 0. The lowest BCUT2D eigenvalue weighted by Crippen LogP contribution is -2.53. The largest absolute Gasteiger partial charge is 0.444 e. The van der Waals surface area contributed by atoms with E-state index in [9.17, 15) is 19.2 Å². The van der Waals surface area contributed by atoms with Gasteiger partial charge in [0.15, 0.2) is 0 Å². The van der Waals surface area contributed by atoms with Crippen LogP contribution in [0.4, 0.5) is 4.79 Å². The van der Waals surface area contributed by atoms with Crippen molar-refractivity contribution in [3.05, 3.63) is 0 Å². The van der Waals surface area contributed by atoms with Crippen LogP contribution in [0.15, 0.2) is 0 Å². The highest BCUT2D eigenvalue weighted by atomic mass is 16.6. The molecule has 9 heteroatoms. The van der Waals surface area contributed by atoms with Crippen LogP contribution in [0.3, 0.4) is 0 Å². The first-order valence-corrected chi connectivity index (χ1v) is 11.2. The molecule has 0 saturated carbocycles. The summed E-state index contributed by atoms with van der Waals surface area (Å²) in [4.78, 5) is 50.2. The molecule has 0 spiro atoms. The lowest BCUT2D eigenvalue weighted by atomic mass is 10.0. The van der Waals surface area contributed by atoms with Crippen LogP contribution in [0, 0.1) is 5.92 Å². The number of nitrogens with zero attached hydrogens (tertiary/aromatic N) is 1. The number of amides is 4. The molecule has 0 aromatic rings. The molecule has 31 heavy (non-hydrogen) atoms. The zero-order valence-corrected chi connectivity index (χ0v) is 19.9. The van der Waals surface area contributed by atoms with Gasteiger partial charge in [-0.15, -0.1) is 0 Å². The van der Waals surface area contributed by atoms with Crippen molar-refractivity contribution in [1.29, 1.82) is 0 Å². The second kappa shape index (κ2) is 12.5. The fraction of sp³-hybridized carbons (Fsp3) is 0.818. The van der Waals surface area contributed by atoms with E-state index in [0.29, 0.717) is 45.3 Å². The van der Waals surface area contributed by atoms with E-state index in [1.807, 2.05) is 13.8 Å². The third-order valence-electron chi connectivity index (χ3n) is 4.87. The third-order valence-corrected chi connectivity index (χ3v) is 4.87. The van der Waals surface area contributed by atoms with E-state index in [2.05, 4.69) is 16.0 Å². The maximum atomic E-state index is 12.7. The first kappa shape index (κ1) is 26.7. The Kier molecular flexibility index (Phi) is 10.8. The molecule has 178 valence electrons. The van der Waals surface area contributed by atoms with Crippen LogP contribution in [-0.4, -0.2) is 66.0 Å². The molecule has 0 radical (unpaired) electrons. The number of hydrogen-bond acceptors (Lipinski definition) is 5. The summed E-state index contributed by atoms with van der Waals surface area (Å²) in [6.07, 6.45) is 2.84. The van der Waals surface area contributed by atoms with Crippen LogP contribution in [0.1, 0.15) is 73.6 Å². The fourth-order valence-corrected chi connectivity index (χ4v) is 3.48. The number of carbonyl (C=O) groups excluding carboxylic acids is 4. The Labute approximate surface area is 186 Å². The van der Waals surface area contributed by atoms with Gasteiger partial charge in [-0.1, -0.05) is 13.8 Å². The van der Waals surface area contributed by atoms with E-state index < -0.39 is 23.8 Å². The van der Waals surface area contributed by atoms with Gasteiger partial charge in [0.1, 0.15) is 17.7 Å². The molecule has 9 nitrogen and oxygen atoms in total. The molecular formula is C22H40N4O5. The predicted octanol–water partition coefficient (Wildman–Crippen LogP) is 1.95. The third kappa shape index (κ3) is 10.5. The van der Waals surface area contributed by atoms with Gasteiger partial charge >= 0.3 is 6.09 Å². The predicted molar refractivity (Wildman–Crippen MR) is 118 cm³/mol. The molecule has 0 bridgehead atoms. The average Bonchev–Trinajstić information content (AvgIpc) is 3.12. The molecule has 1 fully saturated rings. The van der Waals surface area contributed by atoms with E-state index in [1.54, 1.807) is 25.7 Å². The normalized spacial score (nSPS) is 17.3. The van der Waals surface area contributed by atoms with Crippen molar-refractivity contribution in [2.24, 2.45) is 5.92 Å². The summed E-state index contributed by atoms with van der Waals surface area (Å²) in [5.74, 6) is -0.395. The zero-order valence-electron chi connectivity index (χ0n) is 19.9. The lowest BCUT2D eigenvalue weighted by Gasteiger charge is -2.26. The molecule has 0 aromatic carbocycles. The van der Waals surface area contributed by atoms with E-state index in [1.165, 1.54) is 6.92 Å². The van der Waals surface area contributed by atoms with Crippen molar-refractivity contribution in [3.63, 3.8) is 0 Å². The summed E-state index contributed by atoms with van der Waals surface area (Å²) in [7, 11) is 0. The standard InChI is InChI=1S/C22H40N4O5/c1-15(2)14-17(25-20(29)18-10-9-13-26(18)16(3)27)19(28)23-11-7-8-12-24-21(30)31-22(4,5)6/h15,17-18H,7-14H2,1-6H3,(H,23,28)(H,24,30)(H,25,29)/t17-,18-/m0/s1. The van der Waals surface area contributed by atoms with Gasteiger partial charge in [0.05, 0.1) is 0 Å². The van der Waals surface area contributed by atoms with Crippen LogP contribution in [-0.2, 0) is 19.1 Å². The quantitative estimate of drug-likeness (QED) is 0.449. The Morgan fingerprint density at radius 3 is 2.23 bits per heavy atom. The molecule has 1 aliphatic rings. The van der Waals surface area contributed by atoms with E-state index in [-0.39, 0.29) is 23.6 Å². The number of rotatable bonds is 10. The maximum absolute atomic E-state index is 12.7. The second-order valence-corrected chi connectivity index (χ2v) is 9.49. The Balaban J connectivity index is 2.42. The van der Waals surface area contributed by atoms with E-state index in [4.69, 9.17) is 4.74 Å². The number of nitrogens with one attached hydrogen (secondary N) is 3. The average molecular weight is 441 g/mol. The van der Waals surface area contributed by atoms with Gasteiger partial charge in [0.25, 0.3) is 0 Å². The monoisotopic (exact) mass is 440 g/mol. The highest BCUT2D eigenvalue weighted by Crippen LogP contribution is 2.18. The highest BCUT2D eigenvalue weighted by molar-refractivity contribution is 5.92. The summed E-state index contributed by atoms with van der Waals surface area (Å²) in [6.45, 7) is 12.3. The first-order valence-electron chi connectivity index (χ1n) is 11.2. The molecule has 1 saturated heterocycles. The Morgan fingerprint density at radius 2 is 1.68 bits per heavy atom. The summed E-state index contributed by atoms with van der Waals surface area (Å²) < 4.78 is 5.17. The van der Waals surface area contributed by atoms with E-state index >= 15 is 0 Å². The molecule has 0 aliphatic carbocycles. The number of likely N-dealkylation sites (tertiary alicyclic amines) is 1. The van der Waals surface area contributed by atoms with Gasteiger partial charge in [-0.3, -0.25) is 14.4 Å². The Bertz CT molecular complexity index is 630. The smallest absolute Gasteiger partial charge is 0.407 e. The molecule has 0 unspecified atom stereocenters. The summed E-state index contributed by atoms with van der Waals surface area (Å²) in [5.41, 5.74) is -0.534. The Hall–Kier alpha value is -2.32. The van der Waals surface area contributed by atoms with Crippen LogP contribution < -0.4 is 16.0 Å². The fourth-order valence-electron chi connectivity index (χ4n) is 3.48. The molecule has 1 heterocycles. The number of alkyl carbamates (subject to hydrolysis) is 1. The summed E-state index contributed by atoms with van der Waals surface area (Å²) in [6, 6.07) is -1.14. The number of carbonyl (C=O) groups is 4. The number of hydrogen-bond donors (Lipinski definition) is 3. The van der Waals surface area contributed by atoms with Gasteiger partial charge in [-0.05, 0) is 58.8 Å². The minimum Gasteiger partial charge on any atom is -0.444 e. The summed E-state index contributed by atoms with van der Waals surface area (Å²) in [5, 5.41) is 8.40. The van der Waals surface area contributed by atoms with Crippen LogP contribution in [0.5, 0.6) is 0 Å². The lowest BCUT2D eigenvalue weighted by molar-refractivity contribution is -0.138. The van der Waals surface area contributed by atoms with Gasteiger partial charge in [0, 0.05) is 26.6 Å². The SMILES string of the molecule is CC(=O)N1CCC[C@H]1C(=O)N[C@@H](CC(C)C)C(=O)NCCCCNC(=O)OC(C)(C)C. The number of ether oxygens (including phenoxy) is 1. The zero-order chi connectivity index (χ0) is 23.6. The van der Waals surface area contributed by atoms with Crippen LogP contribution in [0.2, 0.25) is 0 Å². The second-order valence-electron chi connectivity index (χ2n) is 9.49. The van der Waals surface area contributed by atoms with Crippen molar-refractivity contribution in [2.45, 2.75) is 91.3 Å². The molecule has 0 aromatic heterocycles. The molecule has 2 atom stereocenters. The molecule has 3 N–H and O–H groups in total. The molecule has 4 amide bonds. The topological polar surface area (TPSA) is 117 Å². The Morgan fingerprint density at radius 1 is 1.06 bits per heavy atom. The van der Waals surface area contributed by atoms with Crippen molar-refractivity contribution in [1.82, 2.24) is 20.9 Å². The van der Waals surface area contributed by atoms with Crippen molar-refractivity contribution in [3.8, 4) is 0 Å². The van der Waals surface area contributed by atoms with Crippen LogP contribution >= 0.6 is 0 Å². The first-order chi connectivity index (χ1) is 14.4. The molecule has 1 aliphatic heterocycles. The highest BCUT2D eigenvalue weighted by Gasteiger charge is 2.34. The molecular weight excluding hydrogens is 400 g/mol. The van der Waals surface area contributed by atoms with Crippen molar-refractivity contribution < 1.29 is 23.9 Å². The van der Waals surface area contributed by atoms with Gasteiger partial charge in [0.2, 0.25) is 17.7 Å². The van der Waals surface area contributed by atoms with Gasteiger partial charge in [-0.2, -0.15) is 0 Å².